The van der Waals surface area contributed by atoms with Gasteiger partial charge in [-0.1, -0.05) is 0 Å². The van der Waals surface area contributed by atoms with Crippen molar-refractivity contribution in [3.63, 3.8) is 0 Å². The molecule has 0 aliphatic heterocycles. The fourth-order valence-corrected chi connectivity index (χ4v) is 2.22. The number of amides is 2. The van der Waals surface area contributed by atoms with Crippen molar-refractivity contribution in [1.29, 1.82) is 0 Å². The van der Waals surface area contributed by atoms with E-state index in [4.69, 9.17) is 9.15 Å². The summed E-state index contributed by atoms with van der Waals surface area (Å²) in [7, 11) is 0. The molecule has 0 atom stereocenters. The van der Waals surface area contributed by atoms with E-state index < -0.39 is 18.4 Å². The average Bonchev–Trinajstić information content (AvgIpc) is 2.92. The number of furan rings is 1. The molecular weight excluding hydrogens is 350 g/mol. The van der Waals surface area contributed by atoms with Crippen molar-refractivity contribution in [2.24, 2.45) is 0 Å². The first-order chi connectivity index (χ1) is 12.3. The molecule has 0 unspecified atom stereocenters. The van der Waals surface area contributed by atoms with Gasteiger partial charge in [-0.05, 0) is 45.0 Å². The van der Waals surface area contributed by atoms with E-state index in [0.717, 1.165) is 0 Å². The van der Waals surface area contributed by atoms with Crippen LogP contribution in [0.5, 0.6) is 11.5 Å². The summed E-state index contributed by atoms with van der Waals surface area (Å²) in [5, 5.41) is 0. The number of carbonyl (C=O) groups excluding carboxylic acids is 2. The van der Waals surface area contributed by atoms with E-state index >= 15 is 0 Å². The number of hydrogen-bond donors (Lipinski definition) is 2. The van der Waals surface area contributed by atoms with Crippen LogP contribution >= 0.6 is 0 Å². The van der Waals surface area contributed by atoms with Crippen LogP contribution in [-0.4, -0.2) is 25.0 Å². The minimum atomic E-state index is -3.02. The summed E-state index contributed by atoms with van der Waals surface area (Å²) >= 11 is 0. The van der Waals surface area contributed by atoms with Crippen molar-refractivity contribution in [3.8, 4) is 11.5 Å². The topological polar surface area (TPSA) is 89.8 Å². The quantitative estimate of drug-likeness (QED) is 0.765. The van der Waals surface area contributed by atoms with Crippen LogP contribution in [-0.2, 0) is 0 Å². The summed E-state index contributed by atoms with van der Waals surface area (Å²) < 4.78 is 39.6. The lowest BCUT2D eigenvalue weighted by molar-refractivity contribution is -0.0514. The lowest BCUT2D eigenvalue weighted by Gasteiger charge is -2.13. The highest BCUT2D eigenvalue weighted by molar-refractivity contribution is 5.99. The van der Waals surface area contributed by atoms with Crippen LogP contribution in [0.3, 0.4) is 0 Å². The maximum absolute atomic E-state index is 12.4. The molecule has 140 valence electrons. The fraction of sp³-hybridized carbons (Fsp3) is 0.294. The van der Waals surface area contributed by atoms with Gasteiger partial charge in [-0.15, -0.1) is 0 Å². The number of benzene rings is 1. The Balaban J connectivity index is 2.07. The van der Waals surface area contributed by atoms with Gasteiger partial charge in [0.2, 0.25) is 0 Å². The van der Waals surface area contributed by atoms with Gasteiger partial charge in [-0.25, -0.2) is 0 Å². The molecule has 2 rings (SSSR count). The predicted molar refractivity (Wildman–Crippen MR) is 87.4 cm³/mol. The monoisotopic (exact) mass is 368 g/mol. The van der Waals surface area contributed by atoms with E-state index in [1.54, 1.807) is 26.8 Å². The van der Waals surface area contributed by atoms with Crippen molar-refractivity contribution in [2.45, 2.75) is 27.4 Å². The molecule has 1 aromatic carbocycles. The molecule has 0 fully saturated rings. The van der Waals surface area contributed by atoms with Gasteiger partial charge in [0.15, 0.2) is 11.5 Å². The summed E-state index contributed by atoms with van der Waals surface area (Å²) in [6.07, 6.45) is 0. The third kappa shape index (κ3) is 4.71. The Bertz CT molecular complexity index is 804. The molecule has 0 aliphatic rings. The highest BCUT2D eigenvalue weighted by Crippen LogP contribution is 2.29. The van der Waals surface area contributed by atoms with Crippen molar-refractivity contribution < 1.29 is 32.3 Å². The molecule has 0 saturated carbocycles. The first-order valence-electron chi connectivity index (χ1n) is 7.71. The molecule has 7 nitrogen and oxygen atoms in total. The number of alkyl halides is 2. The van der Waals surface area contributed by atoms with Crippen molar-refractivity contribution in [1.82, 2.24) is 10.9 Å². The van der Waals surface area contributed by atoms with E-state index in [2.05, 4.69) is 15.6 Å². The molecule has 0 radical (unpaired) electrons. The molecule has 0 bridgehead atoms. The zero-order valence-electron chi connectivity index (χ0n) is 14.4. The molecule has 2 amide bonds. The molecule has 9 heteroatoms. The zero-order chi connectivity index (χ0) is 19.3. The number of nitrogens with one attached hydrogen (secondary N) is 2. The minimum absolute atomic E-state index is 0.00641. The smallest absolute Gasteiger partial charge is 0.387 e. The van der Waals surface area contributed by atoms with Gasteiger partial charge in [0.25, 0.3) is 11.8 Å². The van der Waals surface area contributed by atoms with Crippen LogP contribution in [0, 0.1) is 13.8 Å². The fourth-order valence-electron chi connectivity index (χ4n) is 2.22. The van der Waals surface area contributed by atoms with Gasteiger partial charge in [-0.2, -0.15) is 8.78 Å². The molecule has 0 saturated heterocycles. The van der Waals surface area contributed by atoms with Crippen LogP contribution in [0.25, 0.3) is 0 Å². The van der Waals surface area contributed by atoms with Crippen molar-refractivity contribution in [3.05, 3.63) is 46.9 Å². The SMILES string of the molecule is CCOc1cc(C(=O)NNC(=O)c2cc(C)oc2C)ccc1OC(F)F. The van der Waals surface area contributed by atoms with E-state index in [1.165, 1.54) is 18.2 Å². The van der Waals surface area contributed by atoms with Crippen molar-refractivity contribution in [2.75, 3.05) is 6.61 Å². The number of ether oxygens (including phenoxy) is 2. The van der Waals surface area contributed by atoms with Crippen molar-refractivity contribution >= 4 is 11.8 Å². The predicted octanol–water partition coefficient (Wildman–Crippen LogP) is 2.97. The third-order valence-corrected chi connectivity index (χ3v) is 3.30. The molecule has 2 N–H and O–H groups in total. The van der Waals surface area contributed by atoms with Gasteiger partial charge < -0.3 is 13.9 Å². The maximum atomic E-state index is 12.4. The van der Waals surface area contributed by atoms with Gasteiger partial charge in [0.1, 0.15) is 11.5 Å². The second kappa shape index (κ2) is 8.32. The highest BCUT2D eigenvalue weighted by atomic mass is 19.3. The van der Waals surface area contributed by atoms with E-state index in [0.29, 0.717) is 17.1 Å². The standard InChI is InChI=1S/C17H18F2N2O5/c1-4-24-14-8-11(5-6-13(14)26-17(18)19)15(22)20-21-16(23)12-7-9(2)25-10(12)3/h5-8,17H,4H2,1-3H3,(H,20,22)(H,21,23). The lowest BCUT2D eigenvalue weighted by Crippen LogP contribution is -2.41. The summed E-state index contributed by atoms with van der Waals surface area (Å²) in [5.41, 5.74) is 4.88. The minimum Gasteiger partial charge on any atom is -0.490 e. The Labute approximate surface area is 148 Å². The first kappa shape index (κ1) is 19.2. The molecule has 1 aromatic heterocycles. The van der Waals surface area contributed by atoms with Crippen LogP contribution in [0.15, 0.2) is 28.7 Å². The first-order valence-corrected chi connectivity index (χ1v) is 7.71. The zero-order valence-corrected chi connectivity index (χ0v) is 14.4. The van der Waals surface area contributed by atoms with E-state index in [1.807, 2.05) is 0 Å². The van der Waals surface area contributed by atoms with E-state index in [9.17, 15) is 18.4 Å². The van der Waals surface area contributed by atoms with Crippen LogP contribution in [0.1, 0.15) is 39.2 Å². The second-order valence-electron chi connectivity index (χ2n) is 5.21. The Morgan fingerprint density at radius 2 is 1.81 bits per heavy atom. The number of rotatable bonds is 6. The molecule has 1 heterocycles. The molecule has 2 aromatic rings. The molecule has 0 aliphatic carbocycles. The van der Waals surface area contributed by atoms with Gasteiger partial charge in [0.05, 0.1) is 12.2 Å². The average molecular weight is 368 g/mol. The molecular formula is C17H18F2N2O5. The Morgan fingerprint density at radius 1 is 1.12 bits per heavy atom. The number of carbonyl (C=O) groups is 2. The van der Waals surface area contributed by atoms with Crippen LogP contribution in [0.2, 0.25) is 0 Å². The third-order valence-electron chi connectivity index (χ3n) is 3.30. The number of hydrazine groups is 1. The van der Waals surface area contributed by atoms with Gasteiger partial charge >= 0.3 is 6.61 Å². The maximum Gasteiger partial charge on any atom is 0.387 e. The summed E-state index contributed by atoms with van der Waals surface area (Å²) in [6.45, 7) is 2.16. The highest BCUT2D eigenvalue weighted by Gasteiger charge is 2.17. The molecule has 0 spiro atoms. The second-order valence-corrected chi connectivity index (χ2v) is 5.21. The Morgan fingerprint density at radius 3 is 2.38 bits per heavy atom. The number of halogens is 2. The molecule has 26 heavy (non-hydrogen) atoms. The van der Waals surface area contributed by atoms with Crippen LogP contribution < -0.4 is 20.3 Å². The summed E-state index contributed by atoms with van der Waals surface area (Å²) in [5.74, 6) is -0.410. The Kier molecular flexibility index (Phi) is 6.16. The Hall–Kier alpha value is -3.10. The van der Waals surface area contributed by atoms with Crippen LogP contribution in [0.4, 0.5) is 8.78 Å². The lowest BCUT2D eigenvalue weighted by atomic mass is 10.2. The largest absolute Gasteiger partial charge is 0.490 e. The number of hydrogen-bond acceptors (Lipinski definition) is 5. The number of aryl methyl sites for hydroxylation is 2. The summed E-state index contributed by atoms with van der Waals surface area (Å²) in [6, 6.07) is 5.25. The van der Waals surface area contributed by atoms with E-state index in [-0.39, 0.29) is 23.7 Å². The van der Waals surface area contributed by atoms with Gasteiger partial charge in [0, 0.05) is 5.56 Å². The normalized spacial score (nSPS) is 10.5. The van der Waals surface area contributed by atoms with Gasteiger partial charge in [-0.3, -0.25) is 20.4 Å². The summed E-state index contributed by atoms with van der Waals surface area (Å²) in [4.78, 5) is 24.2.